The molecule has 1 amide bonds. The van der Waals surface area contributed by atoms with E-state index in [4.69, 9.17) is 0 Å². The molecule has 0 fully saturated rings. The van der Waals surface area contributed by atoms with Crippen LogP contribution in [0, 0.1) is 5.82 Å². The van der Waals surface area contributed by atoms with E-state index in [9.17, 15) is 9.18 Å². The van der Waals surface area contributed by atoms with Crippen molar-refractivity contribution in [3.8, 4) is 5.69 Å². The van der Waals surface area contributed by atoms with Gasteiger partial charge in [0.2, 0.25) is 0 Å². The lowest BCUT2D eigenvalue weighted by Crippen LogP contribution is -2.25. The van der Waals surface area contributed by atoms with E-state index in [0.717, 1.165) is 14.8 Å². The van der Waals surface area contributed by atoms with Crippen molar-refractivity contribution >= 4 is 60.8 Å². The quantitative estimate of drug-likeness (QED) is 0.593. The van der Waals surface area contributed by atoms with Crippen molar-refractivity contribution in [2.75, 3.05) is 7.05 Å². The van der Waals surface area contributed by atoms with Crippen LogP contribution in [-0.2, 0) is 6.54 Å². The number of benzene rings is 1. The third kappa shape index (κ3) is 3.04. The van der Waals surface area contributed by atoms with Gasteiger partial charge in [-0.25, -0.2) is 9.37 Å². The van der Waals surface area contributed by atoms with Gasteiger partial charge in [0.05, 0.1) is 32.6 Å². The molecular formula is C14H11Br3FN3O. The highest BCUT2D eigenvalue weighted by Crippen LogP contribution is 2.28. The predicted octanol–water partition coefficient (Wildman–Crippen LogP) is 4.26. The molecular weight excluding hydrogens is 485 g/mol. The van der Waals surface area contributed by atoms with Gasteiger partial charge in [-0.2, -0.15) is 0 Å². The molecule has 0 radical (unpaired) electrons. The summed E-state index contributed by atoms with van der Waals surface area (Å²) in [5, 5.41) is 0. The van der Waals surface area contributed by atoms with Crippen molar-refractivity contribution in [1.82, 2.24) is 14.5 Å². The Morgan fingerprint density at radius 2 is 2.14 bits per heavy atom. The number of hydrogen-bond donors (Lipinski definition) is 0. The highest BCUT2D eigenvalue weighted by Gasteiger charge is 2.26. The molecule has 0 aliphatic carbocycles. The second-order valence-electron chi connectivity index (χ2n) is 4.70. The Bertz CT molecular complexity index is 769. The molecule has 0 spiro atoms. The van der Waals surface area contributed by atoms with Crippen LogP contribution in [0.2, 0.25) is 0 Å². The van der Waals surface area contributed by atoms with E-state index < -0.39 is 5.82 Å². The average molecular weight is 496 g/mol. The number of aromatic nitrogens is 2. The van der Waals surface area contributed by atoms with Crippen LogP contribution in [0.15, 0.2) is 27.9 Å². The zero-order valence-electron chi connectivity index (χ0n) is 11.4. The van der Waals surface area contributed by atoms with Crippen LogP contribution in [0.4, 0.5) is 4.39 Å². The summed E-state index contributed by atoms with van der Waals surface area (Å²) in [6, 6.07) is 4.21. The van der Waals surface area contributed by atoms with E-state index in [2.05, 4.69) is 36.8 Å². The maximum Gasteiger partial charge on any atom is 0.256 e. The first-order valence-electron chi connectivity index (χ1n) is 6.11. The van der Waals surface area contributed by atoms with E-state index in [1.54, 1.807) is 24.3 Å². The van der Waals surface area contributed by atoms with Crippen LogP contribution in [0.25, 0.3) is 11.8 Å². The minimum atomic E-state index is -0.428. The average Bonchev–Trinajstić information content (AvgIpc) is 2.75. The standard InChI is InChI=1S/C14H10Br2FN3O.BrH/c1-19-6-12-10(5-13(15)16)18-7-20(12)11-3-2-8(17)4-9(11)14(19)21;/h2-5,7H,6H2,1H3;1H. The largest absolute Gasteiger partial charge is 0.336 e. The van der Waals surface area contributed by atoms with Crippen molar-refractivity contribution < 1.29 is 9.18 Å². The lowest BCUT2D eigenvalue weighted by molar-refractivity contribution is 0.0787. The second-order valence-corrected chi connectivity index (χ2v) is 7.48. The van der Waals surface area contributed by atoms with Crippen LogP contribution in [0.5, 0.6) is 0 Å². The van der Waals surface area contributed by atoms with Crippen molar-refractivity contribution in [2.24, 2.45) is 0 Å². The van der Waals surface area contributed by atoms with Gasteiger partial charge in [-0.1, -0.05) is 0 Å². The van der Waals surface area contributed by atoms with Gasteiger partial charge in [0, 0.05) is 7.05 Å². The fourth-order valence-corrected chi connectivity index (χ4v) is 2.80. The second kappa shape index (κ2) is 6.64. The zero-order valence-corrected chi connectivity index (χ0v) is 16.3. The van der Waals surface area contributed by atoms with E-state index in [-0.39, 0.29) is 22.9 Å². The van der Waals surface area contributed by atoms with Crippen LogP contribution < -0.4 is 0 Å². The molecule has 116 valence electrons. The lowest BCUT2D eigenvalue weighted by Gasteiger charge is -2.14. The summed E-state index contributed by atoms with van der Waals surface area (Å²) in [6.07, 6.45) is 3.46. The third-order valence-electron chi connectivity index (χ3n) is 3.33. The van der Waals surface area contributed by atoms with Gasteiger partial charge in [0.1, 0.15) is 12.1 Å². The number of nitrogens with zero attached hydrogens (tertiary/aromatic N) is 3. The number of imidazole rings is 1. The number of hydrogen-bond acceptors (Lipinski definition) is 2. The number of fused-ring (bicyclic) bond motifs is 3. The number of halogens is 4. The van der Waals surface area contributed by atoms with Crippen molar-refractivity contribution in [3.63, 3.8) is 0 Å². The highest BCUT2D eigenvalue weighted by atomic mass is 79.9. The first-order valence-corrected chi connectivity index (χ1v) is 7.70. The van der Waals surface area contributed by atoms with E-state index >= 15 is 0 Å². The van der Waals surface area contributed by atoms with Gasteiger partial charge >= 0.3 is 0 Å². The Morgan fingerprint density at radius 1 is 1.41 bits per heavy atom. The maximum atomic E-state index is 13.5. The Labute approximate surface area is 154 Å². The molecule has 1 aliphatic heterocycles. The maximum absolute atomic E-state index is 13.5. The van der Waals surface area contributed by atoms with Crippen LogP contribution in [0.1, 0.15) is 21.7 Å². The van der Waals surface area contributed by atoms with Gasteiger partial charge in [-0.15, -0.1) is 17.0 Å². The van der Waals surface area contributed by atoms with Crippen LogP contribution in [0.3, 0.4) is 0 Å². The number of rotatable bonds is 1. The minimum Gasteiger partial charge on any atom is -0.336 e. The normalized spacial score (nSPS) is 12.9. The Morgan fingerprint density at radius 3 is 2.82 bits per heavy atom. The Kier molecular flexibility index (Phi) is 5.24. The van der Waals surface area contributed by atoms with Crippen molar-refractivity contribution in [1.29, 1.82) is 0 Å². The molecule has 3 rings (SSSR count). The summed E-state index contributed by atoms with van der Waals surface area (Å²) in [7, 11) is 1.69. The molecule has 0 atom stereocenters. The van der Waals surface area contributed by atoms with Gasteiger partial charge in [-0.05, 0) is 56.1 Å². The van der Waals surface area contributed by atoms with Gasteiger partial charge in [0.25, 0.3) is 5.91 Å². The zero-order chi connectivity index (χ0) is 15.1. The summed E-state index contributed by atoms with van der Waals surface area (Å²) < 4.78 is 16.0. The molecule has 0 saturated carbocycles. The summed E-state index contributed by atoms with van der Waals surface area (Å²) in [5.74, 6) is -0.636. The molecule has 22 heavy (non-hydrogen) atoms. The summed E-state index contributed by atoms with van der Waals surface area (Å²) >= 11 is 6.62. The molecule has 1 aromatic carbocycles. The molecule has 0 saturated heterocycles. The molecule has 0 unspecified atom stereocenters. The number of amides is 1. The van der Waals surface area contributed by atoms with E-state index in [0.29, 0.717) is 17.8 Å². The summed E-state index contributed by atoms with van der Waals surface area (Å²) in [4.78, 5) is 18.3. The lowest BCUT2D eigenvalue weighted by atomic mass is 10.1. The summed E-state index contributed by atoms with van der Waals surface area (Å²) in [6.45, 7) is 0.397. The monoisotopic (exact) mass is 493 g/mol. The van der Waals surface area contributed by atoms with E-state index in [1.807, 2.05) is 10.6 Å². The highest BCUT2D eigenvalue weighted by molar-refractivity contribution is 9.28. The fourth-order valence-electron chi connectivity index (χ4n) is 2.37. The molecule has 1 aromatic heterocycles. The Hall–Kier alpha value is -0.990. The molecule has 2 aromatic rings. The topological polar surface area (TPSA) is 38.1 Å². The molecule has 0 bridgehead atoms. The van der Waals surface area contributed by atoms with Crippen LogP contribution >= 0.6 is 48.8 Å². The van der Waals surface area contributed by atoms with Gasteiger partial charge in [0.15, 0.2) is 0 Å². The van der Waals surface area contributed by atoms with Gasteiger partial charge < -0.3 is 9.47 Å². The third-order valence-corrected chi connectivity index (χ3v) is 3.78. The first-order chi connectivity index (χ1) is 9.97. The van der Waals surface area contributed by atoms with Crippen molar-refractivity contribution in [2.45, 2.75) is 6.54 Å². The first kappa shape index (κ1) is 17.4. The summed E-state index contributed by atoms with van der Waals surface area (Å²) in [5.41, 5.74) is 2.59. The predicted molar refractivity (Wildman–Crippen MR) is 95.5 cm³/mol. The number of carbonyl (C=O) groups excluding carboxylic acids is 1. The molecule has 0 N–H and O–H groups in total. The SMILES string of the molecule is Br.CN1Cc2c(C=C(Br)Br)ncn2-c2ccc(F)cc2C1=O. The molecule has 8 heteroatoms. The molecule has 1 aliphatic rings. The minimum absolute atomic E-state index is 0. The molecule has 2 heterocycles. The molecule has 4 nitrogen and oxygen atoms in total. The van der Waals surface area contributed by atoms with Crippen molar-refractivity contribution in [3.05, 3.63) is 50.7 Å². The smallest absolute Gasteiger partial charge is 0.256 e. The van der Waals surface area contributed by atoms with E-state index in [1.165, 1.54) is 12.1 Å². The van der Waals surface area contributed by atoms with Gasteiger partial charge in [-0.3, -0.25) is 4.79 Å². The fraction of sp³-hybridized carbons (Fsp3) is 0.143. The van der Waals surface area contributed by atoms with Crippen LogP contribution in [-0.4, -0.2) is 27.4 Å². The number of carbonyl (C=O) groups is 1. The Balaban J connectivity index is 0.00000176.